The van der Waals surface area contributed by atoms with E-state index >= 15 is 0 Å². The lowest BCUT2D eigenvalue weighted by molar-refractivity contribution is -0.384. The highest BCUT2D eigenvalue weighted by molar-refractivity contribution is 6.02. The second-order valence-corrected chi connectivity index (χ2v) is 5.64. The molecule has 0 atom stereocenters. The number of hydrogen-bond donors (Lipinski definition) is 2. The fourth-order valence-electron chi connectivity index (χ4n) is 2.64. The molecule has 2 aromatic rings. The zero-order chi connectivity index (χ0) is 19.6. The van der Waals surface area contributed by atoms with Gasteiger partial charge in [-0.05, 0) is 18.2 Å². The lowest BCUT2D eigenvalue weighted by Crippen LogP contribution is -2.41. The van der Waals surface area contributed by atoms with E-state index in [0.29, 0.717) is 5.69 Å². The van der Waals surface area contributed by atoms with E-state index in [-0.39, 0.29) is 35.8 Å². The maximum absolute atomic E-state index is 12.3. The lowest BCUT2D eigenvalue weighted by atomic mass is 10.1. The van der Waals surface area contributed by atoms with Crippen LogP contribution in [0.2, 0.25) is 0 Å². The number of para-hydroxylation sites is 1. The molecule has 10 heteroatoms. The molecule has 2 N–H and O–H groups in total. The Labute approximate surface area is 152 Å². The number of hydrogen-bond acceptors (Lipinski definition) is 7. The number of esters is 1. The van der Waals surface area contributed by atoms with Crippen molar-refractivity contribution in [3.8, 4) is 5.75 Å². The third-order valence-corrected chi connectivity index (χ3v) is 3.80. The van der Waals surface area contributed by atoms with Gasteiger partial charge in [0.05, 0.1) is 34.5 Å². The number of carboxylic acid groups (broad SMARTS) is 1. The minimum Gasteiger partial charge on any atom is -0.478 e. The summed E-state index contributed by atoms with van der Waals surface area (Å²) in [7, 11) is 0. The number of aromatic carboxylic acids is 1. The predicted molar refractivity (Wildman–Crippen MR) is 93.0 cm³/mol. The number of nitrogens with zero attached hydrogens (tertiary/aromatic N) is 2. The van der Waals surface area contributed by atoms with Gasteiger partial charge in [-0.25, -0.2) is 9.59 Å². The average molecular weight is 371 g/mol. The van der Waals surface area contributed by atoms with Gasteiger partial charge in [-0.2, -0.15) is 0 Å². The van der Waals surface area contributed by atoms with Gasteiger partial charge in [0, 0.05) is 6.07 Å². The van der Waals surface area contributed by atoms with Crippen molar-refractivity contribution in [1.29, 1.82) is 0 Å². The molecule has 2 aromatic carbocycles. The predicted octanol–water partition coefficient (Wildman–Crippen LogP) is 1.66. The highest BCUT2D eigenvalue weighted by Crippen LogP contribution is 2.35. The minimum absolute atomic E-state index is 0.0146. The molecule has 0 fully saturated rings. The van der Waals surface area contributed by atoms with Crippen LogP contribution in [-0.4, -0.2) is 41.0 Å². The Kier molecular flexibility index (Phi) is 4.71. The van der Waals surface area contributed by atoms with Crippen LogP contribution in [0.1, 0.15) is 10.4 Å². The minimum atomic E-state index is -1.19. The first-order valence-electron chi connectivity index (χ1n) is 7.71. The van der Waals surface area contributed by atoms with Crippen molar-refractivity contribution < 1.29 is 29.2 Å². The Balaban J connectivity index is 1.80. The Morgan fingerprint density at radius 1 is 1.26 bits per heavy atom. The van der Waals surface area contributed by atoms with Gasteiger partial charge in [0.2, 0.25) is 5.91 Å². The number of carboxylic acids is 1. The smallest absolute Gasteiger partial charge is 0.337 e. The van der Waals surface area contributed by atoms with Crippen LogP contribution in [0.5, 0.6) is 5.75 Å². The maximum Gasteiger partial charge on any atom is 0.337 e. The van der Waals surface area contributed by atoms with E-state index in [0.717, 1.165) is 6.07 Å². The molecule has 138 valence electrons. The van der Waals surface area contributed by atoms with E-state index in [1.807, 2.05) is 0 Å². The molecule has 0 unspecified atom stereocenters. The molecule has 1 amide bonds. The van der Waals surface area contributed by atoms with E-state index in [1.54, 1.807) is 6.07 Å². The summed E-state index contributed by atoms with van der Waals surface area (Å²) < 4.78 is 5.01. The molecule has 27 heavy (non-hydrogen) atoms. The Morgan fingerprint density at radius 2 is 2.00 bits per heavy atom. The summed E-state index contributed by atoms with van der Waals surface area (Å²) >= 11 is 0. The first-order chi connectivity index (χ1) is 12.8. The normalized spacial score (nSPS) is 12.7. The fraction of sp³-hybridized carbons (Fsp3) is 0.118. The van der Waals surface area contributed by atoms with Crippen LogP contribution in [-0.2, 0) is 9.59 Å². The summed E-state index contributed by atoms with van der Waals surface area (Å²) in [4.78, 5) is 46.9. The molecule has 0 aliphatic carbocycles. The van der Waals surface area contributed by atoms with E-state index in [9.17, 15) is 24.5 Å². The third kappa shape index (κ3) is 3.84. The molecule has 0 spiro atoms. The molecule has 0 aromatic heterocycles. The van der Waals surface area contributed by atoms with Crippen LogP contribution >= 0.6 is 0 Å². The summed E-state index contributed by atoms with van der Waals surface area (Å²) in [6, 6.07) is 9.64. The number of carbonyl (C=O) groups is 3. The third-order valence-electron chi connectivity index (χ3n) is 3.80. The van der Waals surface area contributed by atoms with Crippen molar-refractivity contribution in [3.05, 3.63) is 58.1 Å². The van der Waals surface area contributed by atoms with Crippen LogP contribution in [0.4, 0.5) is 17.1 Å². The number of non-ortho nitro benzene ring substituents is 1. The first-order valence-corrected chi connectivity index (χ1v) is 7.71. The topological polar surface area (TPSA) is 139 Å². The van der Waals surface area contributed by atoms with E-state index in [4.69, 9.17) is 9.84 Å². The highest BCUT2D eigenvalue weighted by atomic mass is 16.6. The Morgan fingerprint density at radius 3 is 2.70 bits per heavy atom. The second-order valence-electron chi connectivity index (χ2n) is 5.64. The molecule has 3 rings (SSSR count). The van der Waals surface area contributed by atoms with Crippen LogP contribution in [0.15, 0.2) is 42.5 Å². The fourth-order valence-corrected chi connectivity index (χ4v) is 2.64. The van der Waals surface area contributed by atoms with Crippen molar-refractivity contribution in [2.24, 2.45) is 0 Å². The maximum atomic E-state index is 12.3. The molecule has 0 saturated heterocycles. The van der Waals surface area contributed by atoms with Gasteiger partial charge in [0.25, 0.3) is 5.69 Å². The molecule has 1 aliphatic rings. The number of nitro groups is 1. The van der Waals surface area contributed by atoms with Crippen LogP contribution in [0.3, 0.4) is 0 Å². The molecule has 0 saturated carbocycles. The first kappa shape index (κ1) is 17.9. The monoisotopic (exact) mass is 371 g/mol. The lowest BCUT2D eigenvalue weighted by Gasteiger charge is -2.29. The van der Waals surface area contributed by atoms with Crippen LogP contribution in [0, 0.1) is 10.1 Å². The zero-order valence-electron chi connectivity index (χ0n) is 13.7. The number of nitro benzene ring substituents is 1. The van der Waals surface area contributed by atoms with Crippen molar-refractivity contribution in [1.82, 2.24) is 0 Å². The number of fused-ring (bicyclic) bond motifs is 1. The van der Waals surface area contributed by atoms with E-state index < -0.39 is 22.8 Å². The number of carbonyl (C=O) groups excluding carboxylic acids is 2. The molecule has 0 radical (unpaired) electrons. The number of anilines is 2. The molecule has 1 heterocycles. The molecular formula is C17H13N3O7. The second kappa shape index (κ2) is 7.12. The largest absolute Gasteiger partial charge is 0.478 e. The zero-order valence-corrected chi connectivity index (χ0v) is 13.7. The summed E-state index contributed by atoms with van der Waals surface area (Å²) in [5.74, 6) is -2.42. The van der Waals surface area contributed by atoms with Gasteiger partial charge in [0.15, 0.2) is 5.75 Å². The number of ether oxygens (including phenoxy) is 1. The van der Waals surface area contributed by atoms with Crippen molar-refractivity contribution in [2.45, 2.75) is 0 Å². The quantitative estimate of drug-likeness (QED) is 0.350. The molecule has 0 bridgehead atoms. The summed E-state index contributed by atoms with van der Waals surface area (Å²) in [6.45, 7) is -0.493. The van der Waals surface area contributed by atoms with E-state index in [1.165, 1.54) is 35.2 Å². The standard InChI is InChI=1S/C17H13N3O7/c21-15(18-12-4-2-1-3-11(12)17(23)24)8-19-9-16(22)27-14-7-10(20(25)26)5-6-13(14)19/h1-7H,8-9H2,(H,18,21)(H,23,24). The number of amides is 1. The van der Waals surface area contributed by atoms with Crippen molar-refractivity contribution in [2.75, 3.05) is 23.3 Å². The van der Waals surface area contributed by atoms with Gasteiger partial charge < -0.3 is 20.1 Å². The number of nitrogens with one attached hydrogen (secondary N) is 1. The van der Waals surface area contributed by atoms with Gasteiger partial charge in [-0.1, -0.05) is 12.1 Å². The molecular weight excluding hydrogens is 358 g/mol. The van der Waals surface area contributed by atoms with Crippen LogP contribution < -0.4 is 15.0 Å². The highest BCUT2D eigenvalue weighted by Gasteiger charge is 2.27. The Bertz CT molecular complexity index is 957. The molecule has 10 nitrogen and oxygen atoms in total. The summed E-state index contributed by atoms with van der Waals surface area (Å²) in [5, 5.41) is 22.5. The van der Waals surface area contributed by atoms with Crippen LogP contribution in [0.25, 0.3) is 0 Å². The van der Waals surface area contributed by atoms with Gasteiger partial charge in [0.1, 0.15) is 6.54 Å². The van der Waals surface area contributed by atoms with Gasteiger partial charge in [-0.3, -0.25) is 14.9 Å². The summed E-state index contributed by atoms with van der Waals surface area (Å²) in [6.07, 6.45) is 0. The molecule has 1 aliphatic heterocycles. The van der Waals surface area contributed by atoms with E-state index in [2.05, 4.69) is 5.32 Å². The van der Waals surface area contributed by atoms with Crippen molar-refractivity contribution in [3.63, 3.8) is 0 Å². The Hall–Kier alpha value is -3.95. The van der Waals surface area contributed by atoms with Gasteiger partial charge in [-0.15, -0.1) is 0 Å². The SMILES string of the molecule is O=C(CN1CC(=O)Oc2cc([N+](=O)[O-])ccc21)Nc1ccccc1C(=O)O. The number of rotatable bonds is 5. The number of benzene rings is 2. The van der Waals surface area contributed by atoms with Crippen molar-refractivity contribution >= 4 is 34.9 Å². The summed E-state index contributed by atoms with van der Waals surface area (Å²) in [5.41, 5.74) is 0.156. The average Bonchev–Trinajstić information content (AvgIpc) is 2.61. The van der Waals surface area contributed by atoms with Gasteiger partial charge >= 0.3 is 11.9 Å².